The Hall–Kier alpha value is -1.01. The van der Waals surface area contributed by atoms with E-state index in [2.05, 4.69) is 0 Å². The SMILES string of the molecule is O=C(COc1cc(Cl)ccc1Cl)N(CCO)CCO. The van der Waals surface area contributed by atoms with Crippen LogP contribution in [-0.4, -0.2) is 53.9 Å². The Bertz CT molecular complexity index is 422. The van der Waals surface area contributed by atoms with E-state index in [1.54, 1.807) is 12.1 Å². The highest BCUT2D eigenvalue weighted by Gasteiger charge is 2.14. The van der Waals surface area contributed by atoms with Gasteiger partial charge in [-0.2, -0.15) is 0 Å². The molecule has 0 saturated heterocycles. The normalized spacial score (nSPS) is 10.3. The van der Waals surface area contributed by atoms with Crippen LogP contribution in [0.15, 0.2) is 18.2 Å². The van der Waals surface area contributed by atoms with Gasteiger partial charge in [-0.25, -0.2) is 0 Å². The van der Waals surface area contributed by atoms with Crippen molar-refractivity contribution in [1.29, 1.82) is 0 Å². The molecule has 0 radical (unpaired) electrons. The first kappa shape index (κ1) is 16.0. The molecule has 0 heterocycles. The molecule has 0 fully saturated rings. The van der Waals surface area contributed by atoms with Crippen molar-refractivity contribution in [2.75, 3.05) is 32.9 Å². The van der Waals surface area contributed by atoms with Crippen LogP contribution >= 0.6 is 23.2 Å². The summed E-state index contributed by atoms with van der Waals surface area (Å²) in [6, 6.07) is 4.70. The topological polar surface area (TPSA) is 70.0 Å². The lowest BCUT2D eigenvalue weighted by molar-refractivity contribution is -0.134. The summed E-state index contributed by atoms with van der Waals surface area (Å²) in [4.78, 5) is 13.1. The van der Waals surface area contributed by atoms with Gasteiger partial charge in [0.15, 0.2) is 6.61 Å². The number of aliphatic hydroxyl groups excluding tert-OH is 2. The van der Waals surface area contributed by atoms with E-state index < -0.39 is 0 Å². The first-order valence-corrected chi connectivity index (χ1v) is 6.41. The van der Waals surface area contributed by atoms with Gasteiger partial charge in [0.05, 0.1) is 18.2 Å². The van der Waals surface area contributed by atoms with Gasteiger partial charge in [-0.3, -0.25) is 4.79 Å². The molecule has 1 rings (SSSR count). The monoisotopic (exact) mass is 307 g/mol. The highest BCUT2D eigenvalue weighted by atomic mass is 35.5. The minimum Gasteiger partial charge on any atom is -0.482 e. The molecule has 19 heavy (non-hydrogen) atoms. The summed E-state index contributed by atoms with van der Waals surface area (Å²) in [5, 5.41) is 18.5. The summed E-state index contributed by atoms with van der Waals surface area (Å²) in [5.41, 5.74) is 0. The number of halogens is 2. The lowest BCUT2D eigenvalue weighted by Crippen LogP contribution is -2.38. The molecule has 0 saturated carbocycles. The number of aliphatic hydroxyl groups is 2. The van der Waals surface area contributed by atoms with E-state index in [0.29, 0.717) is 15.8 Å². The molecule has 0 unspecified atom stereocenters. The summed E-state index contributed by atoms with van der Waals surface area (Å²) in [5.74, 6) is -0.0328. The van der Waals surface area contributed by atoms with Gasteiger partial charge in [0.1, 0.15) is 5.75 Å². The fourth-order valence-corrected chi connectivity index (χ4v) is 1.76. The predicted molar refractivity (Wildman–Crippen MR) is 72.7 cm³/mol. The van der Waals surface area contributed by atoms with Gasteiger partial charge < -0.3 is 19.8 Å². The van der Waals surface area contributed by atoms with Crippen molar-refractivity contribution in [3.63, 3.8) is 0 Å². The second kappa shape index (κ2) is 8.22. The van der Waals surface area contributed by atoms with Crippen molar-refractivity contribution >= 4 is 29.1 Å². The van der Waals surface area contributed by atoms with Gasteiger partial charge in [0.25, 0.3) is 5.91 Å². The quantitative estimate of drug-likeness (QED) is 0.794. The molecule has 0 aliphatic rings. The maximum atomic E-state index is 11.8. The number of carbonyl (C=O) groups excluding carboxylic acids is 1. The van der Waals surface area contributed by atoms with E-state index in [0.717, 1.165) is 0 Å². The van der Waals surface area contributed by atoms with E-state index in [1.165, 1.54) is 11.0 Å². The van der Waals surface area contributed by atoms with E-state index in [1.807, 2.05) is 0 Å². The van der Waals surface area contributed by atoms with Crippen LogP contribution < -0.4 is 4.74 Å². The second-order valence-electron chi connectivity index (χ2n) is 3.69. The average Bonchev–Trinajstić information content (AvgIpc) is 2.39. The van der Waals surface area contributed by atoms with Gasteiger partial charge in [-0.1, -0.05) is 23.2 Å². The van der Waals surface area contributed by atoms with Crippen molar-refractivity contribution in [1.82, 2.24) is 4.90 Å². The molecular weight excluding hydrogens is 293 g/mol. The molecule has 0 atom stereocenters. The van der Waals surface area contributed by atoms with Crippen molar-refractivity contribution in [2.45, 2.75) is 0 Å². The second-order valence-corrected chi connectivity index (χ2v) is 4.54. The highest BCUT2D eigenvalue weighted by molar-refractivity contribution is 6.34. The molecular formula is C12H15Cl2NO4. The molecule has 2 N–H and O–H groups in total. The van der Waals surface area contributed by atoms with Crippen LogP contribution in [0.3, 0.4) is 0 Å². The molecule has 1 aromatic carbocycles. The van der Waals surface area contributed by atoms with Gasteiger partial charge in [0, 0.05) is 24.2 Å². The fourth-order valence-electron chi connectivity index (χ4n) is 1.42. The lowest BCUT2D eigenvalue weighted by Gasteiger charge is -2.20. The van der Waals surface area contributed by atoms with Crippen LogP contribution in [0.4, 0.5) is 0 Å². The molecule has 0 aliphatic carbocycles. The lowest BCUT2D eigenvalue weighted by atomic mass is 10.3. The van der Waals surface area contributed by atoms with Crippen molar-refractivity contribution < 1.29 is 19.7 Å². The number of carbonyl (C=O) groups is 1. The summed E-state index contributed by atoms with van der Waals surface area (Å²) in [7, 11) is 0. The zero-order valence-electron chi connectivity index (χ0n) is 10.2. The average molecular weight is 308 g/mol. The van der Waals surface area contributed by atoms with Gasteiger partial charge in [-0.05, 0) is 12.1 Å². The standard InChI is InChI=1S/C12H15Cl2NO4/c13-9-1-2-10(14)11(7-9)19-8-12(18)15(3-5-16)4-6-17/h1-2,7,16-17H,3-6,8H2. The van der Waals surface area contributed by atoms with Crippen LogP contribution in [0.25, 0.3) is 0 Å². The summed E-state index contributed by atoms with van der Waals surface area (Å²) in [6.45, 7) is -0.300. The molecule has 7 heteroatoms. The summed E-state index contributed by atoms with van der Waals surface area (Å²) in [6.07, 6.45) is 0. The third kappa shape index (κ3) is 5.24. The molecule has 1 aromatic rings. The molecule has 0 bridgehead atoms. The van der Waals surface area contributed by atoms with Gasteiger partial charge in [-0.15, -0.1) is 0 Å². The van der Waals surface area contributed by atoms with Gasteiger partial charge in [0.2, 0.25) is 0 Å². The Kier molecular flexibility index (Phi) is 6.94. The van der Waals surface area contributed by atoms with E-state index in [9.17, 15) is 4.79 Å². The van der Waals surface area contributed by atoms with Gasteiger partial charge >= 0.3 is 0 Å². The van der Waals surface area contributed by atoms with Crippen LogP contribution in [0, 0.1) is 0 Å². The Morgan fingerprint density at radius 1 is 1.21 bits per heavy atom. The third-order valence-corrected chi connectivity index (χ3v) is 2.88. The number of benzene rings is 1. The minimum absolute atomic E-state index is 0.145. The van der Waals surface area contributed by atoms with Crippen LogP contribution in [-0.2, 0) is 4.79 Å². The molecule has 1 amide bonds. The molecule has 5 nitrogen and oxygen atoms in total. The van der Waals surface area contributed by atoms with E-state index in [4.69, 9.17) is 38.2 Å². The zero-order valence-corrected chi connectivity index (χ0v) is 11.7. The van der Waals surface area contributed by atoms with E-state index in [-0.39, 0.29) is 38.8 Å². The predicted octanol–water partition coefficient (Wildman–Crippen LogP) is 1.19. The largest absolute Gasteiger partial charge is 0.482 e. The maximum absolute atomic E-state index is 11.8. The smallest absolute Gasteiger partial charge is 0.260 e. The third-order valence-electron chi connectivity index (χ3n) is 2.34. The first-order chi connectivity index (χ1) is 9.08. The number of hydrogen-bond acceptors (Lipinski definition) is 4. The highest BCUT2D eigenvalue weighted by Crippen LogP contribution is 2.27. The number of rotatable bonds is 7. The van der Waals surface area contributed by atoms with Crippen LogP contribution in [0.5, 0.6) is 5.75 Å². The van der Waals surface area contributed by atoms with Crippen LogP contribution in [0.2, 0.25) is 10.0 Å². The Labute approximate surface area is 121 Å². The Morgan fingerprint density at radius 2 is 1.84 bits per heavy atom. The fraction of sp³-hybridized carbons (Fsp3) is 0.417. The minimum atomic E-state index is -0.348. The number of amides is 1. The zero-order chi connectivity index (χ0) is 14.3. The maximum Gasteiger partial charge on any atom is 0.260 e. The number of nitrogens with zero attached hydrogens (tertiary/aromatic N) is 1. The van der Waals surface area contributed by atoms with Crippen LogP contribution in [0.1, 0.15) is 0 Å². The van der Waals surface area contributed by atoms with Crippen molar-refractivity contribution in [3.8, 4) is 5.75 Å². The molecule has 0 aliphatic heterocycles. The molecule has 0 spiro atoms. The summed E-state index contributed by atoms with van der Waals surface area (Å²) >= 11 is 11.7. The molecule has 106 valence electrons. The summed E-state index contributed by atoms with van der Waals surface area (Å²) < 4.78 is 5.28. The van der Waals surface area contributed by atoms with Crippen molar-refractivity contribution in [2.24, 2.45) is 0 Å². The Balaban J connectivity index is 2.59. The first-order valence-electron chi connectivity index (χ1n) is 5.65. The molecule has 0 aromatic heterocycles. The number of hydrogen-bond donors (Lipinski definition) is 2. The van der Waals surface area contributed by atoms with E-state index >= 15 is 0 Å². The van der Waals surface area contributed by atoms with Crippen molar-refractivity contribution in [3.05, 3.63) is 28.2 Å². The number of ether oxygens (including phenoxy) is 1. The Morgan fingerprint density at radius 3 is 2.42 bits per heavy atom.